The predicted octanol–water partition coefficient (Wildman–Crippen LogP) is -4.93. The molecule has 0 aromatic carbocycles. The van der Waals surface area contributed by atoms with E-state index >= 15 is 0 Å². The van der Waals surface area contributed by atoms with E-state index < -0.39 is 0 Å². The fourth-order valence-electron chi connectivity index (χ4n) is 0. The molecule has 0 unspecified atom stereocenters. The van der Waals surface area contributed by atoms with Crippen molar-refractivity contribution in [1.82, 2.24) is 0 Å². The van der Waals surface area contributed by atoms with Crippen LogP contribution in [0, 0.1) is 57.6 Å². The van der Waals surface area contributed by atoms with Crippen LogP contribution < -0.4 is 0 Å². The summed E-state index contributed by atoms with van der Waals surface area (Å²) >= 11 is 3.70. The molecule has 0 radical (unpaired) electrons. The van der Waals surface area contributed by atoms with Crippen LogP contribution in [-0.4, -0.2) is 32.9 Å². The van der Waals surface area contributed by atoms with Crippen molar-refractivity contribution < 1.29 is 79.8 Å². The minimum absolute atomic E-state index is 0. The quantitative estimate of drug-likeness (QED) is 0.313. The largest absolute Gasteiger partial charge is 0.696 e. The van der Waals surface area contributed by atoms with Gasteiger partial charge in [0.05, 0.1) is 0 Å². The van der Waals surface area contributed by atoms with Crippen LogP contribution >= 0.6 is 0 Å². The van der Waals surface area contributed by atoms with Crippen molar-refractivity contribution in [1.29, 1.82) is 5.26 Å². The summed E-state index contributed by atoms with van der Waals surface area (Å²) in [6, 6.07) is 0. The van der Waals surface area contributed by atoms with Gasteiger partial charge >= 0.3 is 0 Å². The second-order valence-electron chi connectivity index (χ2n) is 0.0913. The van der Waals surface area contributed by atoms with Crippen LogP contribution in [0.2, 0.25) is 0 Å². The molecule has 0 aliphatic carbocycles. The molecular formula is CH12NO6SYb-. The maximum absolute atomic E-state index is 7.13. The van der Waals surface area contributed by atoms with Gasteiger partial charge in [0.15, 0.2) is 0 Å². The third kappa shape index (κ3) is 586. The molecule has 9 heteroatoms. The van der Waals surface area contributed by atoms with Gasteiger partial charge < -0.3 is 45.5 Å². The van der Waals surface area contributed by atoms with Gasteiger partial charge in [-0.05, 0) is 0 Å². The van der Waals surface area contributed by atoms with Crippen molar-refractivity contribution in [3.05, 3.63) is 0 Å². The minimum Gasteiger partial charge on any atom is -0.696 e. The molecule has 0 spiro atoms. The second-order valence-corrected chi connectivity index (χ2v) is 0.274. The summed E-state index contributed by atoms with van der Waals surface area (Å²) in [7, 11) is 0. The molecular weight excluding hydrogens is 327 g/mol. The molecule has 0 aromatic heterocycles. The van der Waals surface area contributed by atoms with Gasteiger partial charge in [-0.15, -0.1) is 0 Å². The van der Waals surface area contributed by atoms with E-state index in [9.17, 15) is 0 Å². The molecule has 0 saturated heterocycles. The standard InChI is InChI=1S/CHNS.6H2O.Yb/c2-1-3;;;;;;;/h3H;6*1H2;/p-1. The molecule has 0 saturated carbocycles. The van der Waals surface area contributed by atoms with E-state index in [1.807, 2.05) is 0 Å². The molecule has 12 N–H and O–H groups in total. The van der Waals surface area contributed by atoms with Gasteiger partial charge in [0, 0.05) is 46.9 Å². The molecule has 0 rings (SSSR count). The Balaban J connectivity index is -0.000000000952. The van der Waals surface area contributed by atoms with E-state index in [1.54, 1.807) is 0 Å². The van der Waals surface area contributed by atoms with Crippen LogP contribution in [0.15, 0.2) is 0 Å². The Kier molecular flexibility index (Phi) is 2500. The topological polar surface area (TPSA) is 213 Å². The molecule has 0 heterocycles. The maximum atomic E-state index is 7.13. The maximum Gasteiger partial charge on any atom is 0 e. The summed E-state index contributed by atoms with van der Waals surface area (Å²) in [5, 5.41) is 8.47. The van der Waals surface area contributed by atoms with Gasteiger partial charge in [-0.25, -0.2) is 5.26 Å². The number of rotatable bonds is 0. The Morgan fingerprint density at radius 3 is 0.800 bits per heavy atom. The van der Waals surface area contributed by atoms with Crippen LogP contribution in [0.4, 0.5) is 0 Å². The summed E-state index contributed by atoms with van der Waals surface area (Å²) in [6.07, 6.45) is 0. The Morgan fingerprint density at radius 2 is 0.800 bits per heavy atom. The van der Waals surface area contributed by atoms with E-state index in [4.69, 9.17) is 5.26 Å². The van der Waals surface area contributed by atoms with E-state index in [0.29, 0.717) is 0 Å². The van der Waals surface area contributed by atoms with Crippen LogP contribution in [0.3, 0.4) is 0 Å². The van der Waals surface area contributed by atoms with Crippen LogP contribution in [0.5, 0.6) is 0 Å². The SMILES string of the molecule is N#C[S-].O.O.O.O.O.O.[Yb]. The van der Waals surface area contributed by atoms with E-state index in [-0.39, 0.29) is 79.8 Å². The van der Waals surface area contributed by atoms with Crippen molar-refractivity contribution in [2.45, 2.75) is 0 Å². The monoisotopic (exact) mass is 340 g/mol. The second kappa shape index (κ2) is 204. The fraction of sp³-hybridized carbons (Fsp3) is 0. The summed E-state index contributed by atoms with van der Waals surface area (Å²) in [5.41, 5.74) is 0. The number of nitrogens with zero attached hydrogens (tertiary/aromatic N) is 1. The van der Waals surface area contributed by atoms with Crippen molar-refractivity contribution in [2.75, 3.05) is 0 Å². The van der Waals surface area contributed by atoms with Crippen molar-refractivity contribution in [3.8, 4) is 5.40 Å². The smallest absolute Gasteiger partial charge is 0 e. The van der Waals surface area contributed by atoms with Gasteiger partial charge in [0.1, 0.15) is 0 Å². The molecule has 78 valence electrons. The van der Waals surface area contributed by atoms with Crippen LogP contribution in [0.25, 0.3) is 0 Å². The number of nitriles is 1. The minimum atomic E-state index is 0. The average molecular weight is 339 g/mol. The van der Waals surface area contributed by atoms with Gasteiger partial charge in [0.25, 0.3) is 0 Å². The van der Waals surface area contributed by atoms with Crippen molar-refractivity contribution in [2.24, 2.45) is 0 Å². The molecule has 7 nitrogen and oxygen atoms in total. The Bertz CT molecular complexity index is 39.2. The fourth-order valence-corrected chi connectivity index (χ4v) is 0. The number of hydrogen-bond acceptors (Lipinski definition) is 2. The third-order valence-electron chi connectivity index (χ3n) is 0. The molecule has 0 aliphatic heterocycles. The molecule has 0 aromatic rings. The van der Waals surface area contributed by atoms with Crippen molar-refractivity contribution >= 4 is 12.6 Å². The van der Waals surface area contributed by atoms with E-state index in [0.717, 1.165) is 0 Å². The van der Waals surface area contributed by atoms with Gasteiger partial charge in [0.2, 0.25) is 0 Å². The molecule has 0 fully saturated rings. The van der Waals surface area contributed by atoms with Crippen LogP contribution in [0.1, 0.15) is 0 Å². The summed E-state index contributed by atoms with van der Waals surface area (Å²) in [6.45, 7) is 0. The Labute approximate surface area is 102 Å². The van der Waals surface area contributed by atoms with Gasteiger partial charge in [-0.1, -0.05) is 5.40 Å². The van der Waals surface area contributed by atoms with E-state index in [2.05, 4.69) is 12.6 Å². The summed E-state index contributed by atoms with van der Waals surface area (Å²) in [4.78, 5) is 0. The van der Waals surface area contributed by atoms with Crippen molar-refractivity contribution in [3.63, 3.8) is 0 Å². The third-order valence-corrected chi connectivity index (χ3v) is 0. The predicted molar refractivity (Wildman–Crippen MR) is 34.7 cm³/mol. The van der Waals surface area contributed by atoms with E-state index in [1.165, 1.54) is 5.40 Å². The molecule has 10 heavy (non-hydrogen) atoms. The van der Waals surface area contributed by atoms with Gasteiger partial charge in [-0.3, -0.25) is 0 Å². The molecule has 0 atom stereocenters. The zero-order chi connectivity index (χ0) is 2.71. The summed E-state index contributed by atoms with van der Waals surface area (Å²) < 4.78 is 0. The average Bonchev–Trinajstić information content (AvgIpc) is 0.918. The molecule has 0 bridgehead atoms. The Morgan fingerprint density at radius 1 is 0.800 bits per heavy atom. The number of hydrogen-bond donors (Lipinski definition) is 0. The first kappa shape index (κ1) is 123. The first-order valence-corrected chi connectivity index (χ1v) is 0.836. The first-order chi connectivity index (χ1) is 1.41. The van der Waals surface area contributed by atoms with Gasteiger partial charge in [-0.2, -0.15) is 0 Å². The normalized spacial score (nSPS) is 0.700. The molecule has 0 amide bonds. The summed E-state index contributed by atoms with van der Waals surface area (Å²) in [5.74, 6) is 0. The zero-order valence-corrected chi connectivity index (χ0v) is 7.15. The first-order valence-electron chi connectivity index (χ1n) is 0.428. The Hall–Kier alpha value is 0.989. The number of thiocyanates is 1. The zero-order valence-electron chi connectivity index (χ0n) is 4.62. The van der Waals surface area contributed by atoms with Crippen LogP contribution in [-0.2, 0) is 12.6 Å². The molecule has 0 aliphatic rings.